The fourth-order valence-electron chi connectivity index (χ4n) is 15.2. The van der Waals surface area contributed by atoms with Gasteiger partial charge in [0, 0.05) is 53.7 Å². The average Bonchev–Trinajstić information content (AvgIpc) is 0.762. The van der Waals surface area contributed by atoms with E-state index in [0.717, 1.165) is 79.8 Å². The second kappa shape index (κ2) is 37.0. The summed E-state index contributed by atoms with van der Waals surface area (Å²) >= 11 is 14.5. The molecule has 8 aliphatic rings. The first-order valence-electron chi connectivity index (χ1n) is 38.1. The van der Waals surface area contributed by atoms with E-state index in [0.29, 0.717) is 4.90 Å². The van der Waals surface area contributed by atoms with Crippen LogP contribution in [0.5, 0.6) is 46.0 Å². The molecule has 13 rings (SSSR count). The van der Waals surface area contributed by atoms with Gasteiger partial charge in [0.05, 0.1) is 53.9 Å². The predicted octanol–water partition coefficient (Wildman–Crippen LogP) is -0.346. The van der Waals surface area contributed by atoms with Crippen LogP contribution < -0.4 is 63.3 Å². The molecule has 3 fully saturated rings. The fraction of sp³-hybridized carbons (Fsp3) is 0.487. The molecule has 22 atom stereocenters. The van der Waals surface area contributed by atoms with Gasteiger partial charge >= 0.3 is 21.2 Å². The maximum absolute atomic E-state index is 16.5. The molecule has 11 bridgehead atoms. The number of fused-ring (bicyclic) bond motifs is 15. The van der Waals surface area contributed by atoms with Crippen LogP contribution in [-0.4, -0.2) is 251 Å². The van der Waals surface area contributed by atoms with Crippen molar-refractivity contribution < 1.29 is 161 Å². The number of phenols is 3. The van der Waals surface area contributed by atoms with Crippen LogP contribution in [0.4, 0.5) is 0 Å². The van der Waals surface area contributed by atoms with E-state index in [1.54, 1.807) is 0 Å². The fourth-order valence-corrected chi connectivity index (χ4v) is 18.0. The second-order valence-electron chi connectivity index (χ2n) is 31.8. The second-order valence-corrected chi connectivity index (χ2v) is 36.6. The molecule has 0 aliphatic carbocycles. The van der Waals surface area contributed by atoms with Gasteiger partial charge in [-0.15, -0.1) is 0 Å². The zero-order valence-corrected chi connectivity index (χ0v) is 69.6. The first-order valence-corrected chi connectivity index (χ1v) is 42.2. The number of ether oxygens (including phenoxy) is 8. The van der Waals surface area contributed by atoms with E-state index in [4.69, 9.17) is 78.3 Å². The van der Waals surface area contributed by atoms with E-state index >= 15 is 24.0 Å². The lowest BCUT2D eigenvalue weighted by atomic mass is 9.86. The Kier molecular flexibility index (Phi) is 28.3. The smallest absolute Gasteiger partial charge is 0.341 e. The highest BCUT2D eigenvalue weighted by atomic mass is 35.5. The Hall–Kier alpha value is -9.51. The highest BCUT2D eigenvalue weighted by Crippen LogP contribution is 2.61. The molecular weight excluding hydrogens is 1710 g/mol. The van der Waals surface area contributed by atoms with Crippen LogP contribution in [0.3, 0.4) is 0 Å². The summed E-state index contributed by atoms with van der Waals surface area (Å²) in [6, 6.07) is -3.38. The molecule has 5 aromatic rings. The van der Waals surface area contributed by atoms with Crippen molar-refractivity contribution in [3.63, 3.8) is 0 Å². The molecule has 123 heavy (non-hydrogen) atoms. The molecule has 0 radical (unpaired) electrons. The molecule has 43 nitrogen and oxygen atoms in total. The number of carboxylic acids is 1. The molecule has 47 heteroatoms. The Labute approximate surface area is 709 Å². The van der Waals surface area contributed by atoms with Crippen LogP contribution in [0.15, 0.2) is 78.9 Å². The molecule has 1 unspecified atom stereocenters. The van der Waals surface area contributed by atoms with Gasteiger partial charge in [-0.05, 0) is 117 Å². The highest BCUT2D eigenvalue weighted by Gasteiger charge is 2.53. The number of nitrogens with one attached hydrogen (secondary N) is 6. The van der Waals surface area contributed by atoms with Crippen LogP contribution in [0.25, 0.3) is 11.1 Å². The number of aromatic hydroxyl groups is 3. The summed E-state index contributed by atoms with van der Waals surface area (Å²) < 4.78 is 76.3. The van der Waals surface area contributed by atoms with Gasteiger partial charge in [-0.2, -0.15) is 0 Å². The maximum atomic E-state index is 16.5. The number of likely N-dealkylation sites (N-methyl/N-ethyl adjacent to an activating group) is 1. The number of hydrogen-bond acceptors (Lipinski definition) is 30. The third-order valence-corrected chi connectivity index (χ3v) is 26.1. The van der Waals surface area contributed by atoms with Crippen molar-refractivity contribution >= 4 is 91.6 Å². The number of benzene rings is 5. The number of aliphatic hydroxyl groups is 6. The number of hydrogen-bond donors (Lipinski definition) is 23. The number of carbonyl (C=O) groups is 9. The summed E-state index contributed by atoms with van der Waals surface area (Å²) in [5.41, 5.74) is 12.5. The summed E-state index contributed by atoms with van der Waals surface area (Å²) in [6.45, 7) is 7.80. The number of aliphatic carboxylic acids is 1. The predicted molar refractivity (Wildman–Crippen MR) is 422 cm³/mol. The molecule has 26 N–H and O–H groups in total. The van der Waals surface area contributed by atoms with E-state index < -0.39 is 335 Å². The minimum atomic E-state index is -5.78. The quantitative estimate of drug-likeness (QED) is 0.0470. The maximum Gasteiger partial charge on any atom is 0.341 e. The van der Waals surface area contributed by atoms with Crippen molar-refractivity contribution in [2.75, 3.05) is 13.7 Å². The number of phenolic OH excluding ortho intramolecular Hbond substituents is 3. The van der Waals surface area contributed by atoms with Crippen LogP contribution >= 0.6 is 38.4 Å². The van der Waals surface area contributed by atoms with Crippen LogP contribution in [0.2, 0.25) is 10.0 Å². The number of carboxylic acid groups (broad SMARTS) is 1. The van der Waals surface area contributed by atoms with Crippen LogP contribution in [0, 0.1) is 5.92 Å². The van der Waals surface area contributed by atoms with Gasteiger partial charge in [0.25, 0.3) is 0 Å². The number of carbonyl (C=O) groups excluding carboxylic acids is 8. The van der Waals surface area contributed by atoms with Crippen molar-refractivity contribution in [2.45, 2.75) is 212 Å². The first-order chi connectivity index (χ1) is 57.4. The van der Waals surface area contributed by atoms with Gasteiger partial charge in [-0.1, -0.05) is 55.2 Å². The molecule has 8 heterocycles. The SMILES string of the molecule is CC(C)C[C@H](C(=O)N[C@H]1C(=O)N[C@@H](CC(N)=O)C(=O)N[C@H]2C(=O)N[C@H]3C(=O)N[C@H](C(=O)N[C@H](C(=O)O)c4cc(O)cc(O)c4-c4cc3ccc4O)[C@H](O[C@H]3C[C@](C)(N)[C@@H](O)[C@H](C)O3)c3ccc(c(Cl)c3)Oc3cc2cc(c3OC2O[C@H](CO)[C@@H](O)[C@H](O)[C@H]2O[C@H]2C[C@](C)(N)[C@@H](O)[C@H](C)O2)Oc2ccc(cc2Cl)[C@H]1O)N(C)C(=O)CC(P(=O)(O)O)P(=O)(O)O. The third kappa shape index (κ3) is 20.7. The van der Waals surface area contributed by atoms with Crippen molar-refractivity contribution in [3.05, 3.63) is 117 Å². The lowest BCUT2D eigenvalue weighted by Crippen LogP contribution is -2.64. The average molecular weight is 1810 g/mol. The number of nitrogens with zero attached hydrogens (tertiary/aromatic N) is 1. The molecule has 0 saturated carbocycles. The van der Waals surface area contributed by atoms with Crippen molar-refractivity contribution in [2.24, 2.45) is 23.1 Å². The summed E-state index contributed by atoms with van der Waals surface area (Å²) in [4.78, 5) is 176. The zero-order chi connectivity index (χ0) is 90.6. The lowest BCUT2D eigenvalue weighted by Gasteiger charge is -2.47. The summed E-state index contributed by atoms with van der Waals surface area (Å²) in [5, 5.41) is 125. The Balaban J connectivity index is 1.17. The Morgan fingerprint density at radius 1 is 0.659 bits per heavy atom. The molecule has 8 aliphatic heterocycles. The van der Waals surface area contributed by atoms with Gasteiger partial charge in [-0.25, -0.2) is 4.79 Å². The summed E-state index contributed by atoms with van der Waals surface area (Å²) in [7, 11) is -10.6. The van der Waals surface area contributed by atoms with Gasteiger partial charge < -0.3 is 163 Å². The summed E-state index contributed by atoms with van der Waals surface area (Å²) in [5.74, 6) is -20.1. The van der Waals surface area contributed by atoms with Crippen LogP contribution in [0.1, 0.15) is 132 Å². The van der Waals surface area contributed by atoms with Gasteiger partial charge in [0.1, 0.15) is 95.5 Å². The minimum Gasteiger partial charge on any atom is -0.508 e. The standard InChI is InChI=1S/C76H94Cl2N10O33P2/c1-27(2)14-40(88(7)49(94)23-52(122(108,109)110)123(111,112)113)68(101)86-57-59(95)31-9-12-43(37(77)16-31)116-45-18-33-19-46(63(45)121-74-64(61(97)60(96)47(26-89)118-74)120-51-25-76(6,81)66(99)29(4)115-51)117-44-13-10-32(17-38(44)78)62(119-50-24-75(5,80)65(98)28(3)114-50)58-72(105)85-56(73(106)107)36-20-34(90)21-42(92)53(36)35-15-30(8-11-41(35)91)54(69(102)87-58)84-70(103)55(33)83-67(100)39(22-48(79)93)82-71(57)104/h8-13,15-21,27-29,39-40,47,50-52,54-62,64-66,74,89-92,95-99H,14,22-26,80-81H2,1-7H3,(H2,79,93)(H,82,104)(H,83,100)(H,84,103)(H,85,105)(H,86,101)(H,87,102)(H,106,107)(H2,108,109,110)(H2,111,112,113)/t28-,29-,39-,40+,47+,50-,51-,54+,55+,56-,57+,58-,59+,60+,61-,62+,64+,65-,66-,74?,75-,76-/m0/s1. The first kappa shape index (κ1) is 94.2. The van der Waals surface area contributed by atoms with Crippen molar-refractivity contribution in [1.82, 2.24) is 36.8 Å². The highest BCUT2D eigenvalue weighted by molar-refractivity contribution is 7.70. The van der Waals surface area contributed by atoms with Crippen molar-refractivity contribution in [1.29, 1.82) is 0 Å². The van der Waals surface area contributed by atoms with Crippen molar-refractivity contribution in [3.8, 4) is 57.1 Å². The Morgan fingerprint density at radius 2 is 1.20 bits per heavy atom. The summed E-state index contributed by atoms with van der Waals surface area (Å²) in [6.07, 6.45) is -26.4. The van der Waals surface area contributed by atoms with Gasteiger partial charge in [0.15, 0.2) is 41.6 Å². The number of halogens is 2. The molecule has 0 aromatic heterocycles. The van der Waals surface area contributed by atoms with Gasteiger partial charge in [0.2, 0.25) is 59.3 Å². The van der Waals surface area contributed by atoms with E-state index in [1.165, 1.54) is 47.6 Å². The monoisotopic (exact) mass is 1810 g/mol. The number of amides is 8. The Bertz CT molecular complexity index is 5020. The number of rotatable bonds is 19. The van der Waals surface area contributed by atoms with E-state index in [1.807, 2.05) is 0 Å². The topological polar surface area (TPSA) is 698 Å². The number of aliphatic hydroxyl groups excluding tert-OH is 6. The third-order valence-electron chi connectivity index (χ3n) is 21.8. The number of primary amides is 1. The minimum absolute atomic E-state index is 0.213. The molecule has 0 spiro atoms. The lowest BCUT2D eigenvalue weighted by molar-refractivity contribution is -0.333. The zero-order valence-electron chi connectivity index (χ0n) is 66.3. The number of nitrogens with two attached hydrogens (primary N) is 3. The molecule has 5 aromatic carbocycles. The molecule has 8 amide bonds. The normalized spacial score (nSPS) is 30.4. The van der Waals surface area contributed by atoms with E-state index in [2.05, 4.69) is 31.9 Å². The van der Waals surface area contributed by atoms with E-state index in [-0.39, 0.29) is 12.0 Å². The molecule has 3 saturated heterocycles. The molecule has 670 valence electrons. The van der Waals surface area contributed by atoms with Crippen LogP contribution in [-0.2, 0) is 76.0 Å². The van der Waals surface area contributed by atoms with Gasteiger partial charge in [-0.3, -0.25) is 47.5 Å². The molecular formula is C76H94Cl2N10O33P2. The van der Waals surface area contributed by atoms with E-state index in [9.17, 15) is 98.9 Å². The largest absolute Gasteiger partial charge is 0.508 e. The Morgan fingerprint density at radius 3 is 1.75 bits per heavy atom.